The van der Waals surface area contributed by atoms with Crippen LogP contribution in [0, 0.1) is 6.92 Å². The molecule has 1 fully saturated rings. The molecule has 1 aromatic heterocycles. The number of aliphatic imine (C=N–C) groups is 1. The molecule has 1 aliphatic rings. The molecule has 1 heterocycles. The fraction of sp³-hybridized carbons (Fsp3) is 0.615. The van der Waals surface area contributed by atoms with Gasteiger partial charge in [0.25, 0.3) is 0 Å². The van der Waals surface area contributed by atoms with E-state index in [2.05, 4.69) is 29.5 Å². The van der Waals surface area contributed by atoms with Crippen LogP contribution in [0.25, 0.3) is 0 Å². The average molecular weight is 363 g/mol. The first kappa shape index (κ1) is 15.3. The van der Waals surface area contributed by atoms with Gasteiger partial charge in [-0.05, 0) is 39.7 Å². The van der Waals surface area contributed by atoms with Crippen molar-refractivity contribution in [1.82, 2.24) is 10.6 Å². The van der Waals surface area contributed by atoms with Crippen LogP contribution in [0.4, 0.5) is 0 Å². The first-order valence-electron chi connectivity index (χ1n) is 6.25. The van der Waals surface area contributed by atoms with E-state index in [-0.39, 0.29) is 24.0 Å². The van der Waals surface area contributed by atoms with Crippen molar-refractivity contribution >= 4 is 29.9 Å². The highest BCUT2D eigenvalue weighted by Gasteiger charge is 2.22. The second-order valence-corrected chi connectivity index (χ2v) is 4.88. The molecule has 4 nitrogen and oxygen atoms in total. The number of rotatable bonds is 4. The summed E-state index contributed by atoms with van der Waals surface area (Å²) in [5, 5.41) is 6.75. The summed E-state index contributed by atoms with van der Waals surface area (Å²) in [6.07, 6.45) is 4.22. The van der Waals surface area contributed by atoms with Crippen molar-refractivity contribution in [2.24, 2.45) is 4.99 Å². The lowest BCUT2D eigenvalue weighted by molar-refractivity contribution is 0.530. The molecule has 2 rings (SSSR count). The normalized spacial score (nSPS) is 15.4. The molecule has 0 aliphatic heterocycles. The van der Waals surface area contributed by atoms with Crippen LogP contribution >= 0.6 is 24.0 Å². The fourth-order valence-electron chi connectivity index (χ4n) is 1.57. The summed E-state index contributed by atoms with van der Waals surface area (Å²) in [4.78, 5) is 4.58. The molecule has 0 saturated heterocycles. The van der Waals surface area contributed by atoms with Crippen LogP contribution in [-0.2, 0) is 6.54 Å². The Kier molecular flexibility index (Phi) is 5.98. The minimum absolute atomic E-state index is 0. The van der Waals surface area contributed by atoms with Gasteiger partial charge in [0, 0.05) is 17.6 Å². The number of nitrogens with zero attached hydrogens (tertiary/aromatic N) is 1. The second-order valence-electron chi connectivity index (χ2n) is 4.88. The lowest BCUT2D eigenvalue weighted by Crippen LogP contribution is -2.42. The van der Waals surface area contributed by atoms with Crippen molar-refractivity contribution in [2.45, 2.75) is 52.2 Å². The lowest BCUT2D eigenvalue weighted by Gasteiger charge is -2.14. The highest BCUT2D eigenvalue weighted by Crippen LogP contribution is 2.18. The van der Waals surface area contributed by atoms with Gasteiger partial charge in [-0.1, -0.05) is 0 Å². The smallest absolute Gasteiger partial charge is 0.192 e. The van der Waals surface area contributed by atoms with Crippen molar-refractivity contribution in [1.29, 1.82) is 0 Å². The fourth-order valence-corrected chi connectivity index (χ4v) is 1.57. The maximum atomic E-state index is 5.26. The number of aryl methyl sites for hydroxylation is 1. The highest BCUT2D eigenvalue weighted by atomic mass is 127. The van der Waals surface area contributed by atoms with Gasteiger partial charge in [0.05, 0.1) is 12.8 Å². The average Bonchev–Trinajstić information content (AvgIpc) is 2.97. The lowest BCUT2D eigenvalue weighted by atomic mass is 10.3. The minimum atomic E-state index is 0. The summed E-state index contributed by atoms with van der Waals surface area (Å²) < 4.78 is 5.26. The Balaban J connectivity index is 0.00000162. The van der Waals surface area contributed by atoms with Crippen molar-refractivity contribution < 1.29 is 4.42 Å². The Morgan fingerprint density at radius 1 is 1.50 bits per heavy atom. The summed E-state index contributed by atoms with van der Waals surface area (Å²) in [7, 11) is 0. The van der Waals surface area contributed by atoms with Crippen LogP contribution in [0.15, 0.2) is 21.7 Å². The summed E-state index contributed by atoms with van der Waals surface area (Å²) in [5.41, 5.74) is 1.14. The van der Waals surface area contributed by atoms with Crippen LogP contribution < -0.4 is 10.6 Å². The Morgan fingerprint density at radius 3 is 2.72 bits per heavy atom. The van der Waals surface area contributed by atoms with E-state index in [0.717, 1.165) is 17.3 Å². The van der Waals surface area contributed by atoms with E-state index in [4.69, 9.17) is 4.42 Å². The van der Waals surface area contributed by atoms with Crippen molar-refractivity contribution in [3.8, 4) is 0 Å². The van der Waals surface area contributed by atoms with E-state index < -0.39 is 0 Å². The van der Waals surface area contributed by atoms with Gasteiger partial charge in [0.1, 0.15) is 5.76 Å². The predicted molar refractivity (Wildman–Crippen MR) is 84.4 cm³/mol. The minimum Gasteiger partial charge on any atom is -0.469 e. The molecule has 0 bridgehead atoms. The van der Waals surface area contributed by atoms with Crippen molar-refractivity contribution in [2.75, 3.05) is 0 Å². The first-order chi connectivity index (χ1) is 8.15. The van der Waals surface area contributed by atoms with Crippen LogP contribution in [0.2, 0.25) is 0 Å². The Labute approximate surface area is 126 Å². The molecule has 0 spiro atoms. The van der Waals surface area contributed by atoms with E-state index >= 15 is 0 Å². The number of hydrogen-bond donors (Lipinski definition) is 2. The van der Waals surface area contributed by atoms with Gasteiger partial charge in [0.2, 0.25) is 0 Å². The summed E-state index contributed by atoms with van der Waals surface area (Å²) in [5.74, 6) is 1.85. The van der Waals surface area contributed by atoms with E-state index in [1.165, 1.54) is 12.8 Å². The largest absolute Gasteiger partial charge is 0.469 e. The molecule has 0 aromatic carbocycles. The van der Waals surface area contributed by atoms with Crippen LogP contribution in [0.1, 0.15) is 38.0 Å². The standard InChI is InChI=1S/C13H21N3O.HI/c1-9(2)15-13(16-12-4-5-12)14-8-11-6-7-17-10(11)3;/h6-7,9,12H,4-5,8H2,1-3H3,(H2,14,15,16);1H. The van der Waals surface area contributed by atoms with Crippen molar-refractivity contribution in [3.63, 3.8) is 0 Å². The zero-order valence-corrected chi connectivity index (χ0v) is 13.5. The number of hydrogen-bond acceptors (Lipinski definition) is 2. The summed E-state index contributed by atoms with van der Waals surface area (Å²) in [6, 6.07) is 2.99. The Morgan fingerprint density at radius 2 is 2.22 bits per heavy atom. The van der Waals surface area contributed by atoms with E-state index in [9.17, 15) is 0 Å². The van der Waals surface area contributed by atoms with E-state index in [0.29, 0.717) is 18.6 Å². The van der Waals surface area contributed by atoms with Crippen molar-refractivity contribution in [3.05, 3.63) is 23.7 Å². The molecule has 102 valence electrons. The maximum absolute atomic E-state index is 5.26. The van der Waals surface area contributed by atoms with E-state index in [1.54, 1.807) is 6.26 Å². The molecule has 5 heteroatoms. The van der Waals surface area contributed by atoms with Crippen LogP contribution in [-0.4, -0.2) is 18.0 Å². The van der Waals surface area contributed by atoms with Gasteiger partial charge in [-0.25, -0.2) is 4.99 Å². The topological polar surface area (TPSA) is 49.6 Å². The molecular formula is C13H22IN3O. The number of nitrogens with one attached hydrogen (secondary N) is 2. The third-order valence-electron chi connectivity index (χ3n) is 2.72. The molecule has 0 amide bonds. The molecule has 2 N–H and O–H groups in total. The molecule has 0 atom stereocenters. The zero-order valence-electron chi connectivity index (χ0n) is 11.2. The number of furan rings is 1. The third kappa shape index (κ3) is 4.88. The van der Waals surface area contributed by atoms with Crippen LogP contribution in [0.5, 0.6) is 0 Å². The van der Waals surface area contributed by atoms with Crippen LogP contribution in [0.3, 0.4) is 0 Å². The summed E-state index contributed by atoms with van der Waals surface area (Å²) in [6.45, 7) is 6.87. The molecule has 0 unspecified atom stereocenters. The monoisotopic (exact) mass is 363 g/mol. The maximum Gasteiger partial charge on any atom is 0.192 e. The van der Waals surface area contributed by atoms with Gasteiger partial charge in [-0.2, -0.15) is 0 Å². The molecule has 0 radical (unpaired) electrons. The van der Waals surface area contributed by atoms with Gasteiger partial charge in [-0.3, -0.25) is 0 Å². The molecule has 1 saturated carbocycles. The molecule has 18 heavy (non-hydrogen) atoms. The van der Waals surface area contributed by atoms with Gasteiger partial charge in [-0.15, -0.1) is 24.0 Å². The molecule has 1 aromatic rings. The number of halogens is 1. The number of guanidine groups is 1. The zero-order chi connectivity index (χ0) is 12.3. The Hall–Kier alpha value is -0.720. The quantitative estimate of drug-likeness (QED) is 0.491. The molecular weight excluding hydrogens is 341 g/mol. The second kappa shape index (κ2) is 7.01. The molecule has 1 aliphatic carbocycles. The van der Waals surface area contributed by atoms with E-state index in [1.807, 2.05) is 13.0 Å². The SMILES string of the molecule is Cc1occc1CN=C(NC(C)C)NC1CC1.I. The third-order valence-corrected chi connectivity index (χ3v) is 2.72. The summed E-state index contributed by atoms with van der Waals surface area (Å²) >= 11 is 0. The van der Waals surface area contributed by atoms with Gasteiger partial charge >= 0.3 is 0 Å². The Bertz CT molecular complexity index is 391. The highest BCUT2D eigenvalue weighted by molar-refractivity contribution is 14.0. The van der Waals surface area contributed by atoms with Gasteiger partial charge in [0.15, 0.2) is 5.96 Å². The predicted octanol–water partition coefficient (Wildman–Crippen LogP) is 2.81. The van der Waals surface area contributed by atoms with Gasteiger partial charge < -0.3 is 15.1 Å². The first-order valence-corrected chi connectivity index (χ1v) is 6.25.